The third kappa shape index (κ3) is 6.03. The average Bonchev–Trinajstić information content (AvgIpc) is 3.51. The summed E-state index contributed by atoms with van der Waals surface area (Å²) in [5, 5.41) is 13.3. The maximum absolute atomic E-state index is 14.5. The minimum absolute atomic E-state index is 0.0112. The van der Waals surface area contributed by atoms with Crippen molar-refractivity contribution in [1.82, 2.24) is 33.9 Å². The molecular weight excluding hydrogens is 613 g/mol. The van der Waals surface area contributed by atoms with Crippen LogP contribution in [0.25, 0.3) is 27.8 Å². The first-order valence-electron chi connectivity index (χ1n) is 16.4. The minimum Gasteiger partial charge on any atom is -0.508 e. The summed E-state index contributed by atoms with van der Waals surface area (Å²) in [6.07, 6.45) is 7.95. The predicted octanol–water partition coefficient (Wildman–Crippen LogP) is 4.57. The number of carbonyl (C=O) groups is 1. The summed E-state index contributed by atoms with van der Waals surface area (Å²) < 4.78 is 19.2. The number of hydrogen-bond acceptors (Lipinski definition) is 7. The van der Waals surface area contributed by atoms with Crippen molar-refractivity contribution in [3.05, 3.63) is 105 Å². The van der Waals surface area contributed by atoms with Gasteiger partial charge in [0.15, 0.2) is 5.65 Å². The van der Waals surface area contributed by atoms with Gasteiger partial charge < -0.3 is 19.9 Å². The van der Waals surface area contributed by atoms with Crippen molar-refractivity contribution in [2.24, 2.45) is 0 Å². The molecule has 0 unspecified atom stereocenters. The topological polar surface area (TPSA) is 127 Å². The highest BCUT2D eigenvalue weighted by atomic mass is 19.1. The molecule has 1 saturated carbocycles. The first-order valence-corrected chi connectivity index (χ1v) is 16.4. The molecule has 0 radical (unpaired) electrons. The van der Waals surface area contributed by atoms with Gasteiger partial charge in [0.05, 0.1) is 17.3 Å². The van der Waals surface area contributed by atoms with Gasteiger partial charge in [-0.3, -0.25) is 14.2 Å². The second kappa shape index (κ2) is 12.8. The molecule has 1 aliphatic carbocycles. The van der Waals surface area contributed by atoms with Gasteiger partial charge in [0.25, 0.3) is 11.5 Å². The first kappa shape index (κ1) is 31.5. The zero-order chi connectivity index (χ0) is 33.5. The smallest absolute Gasteiger partial charge is 0.337 e. The van der Waals surface area contributed by atoms with Crippen LogP contribution in [0.15, 0.2) is 70.5 Å². The number of aryl methyl sites for hydroxylation is 2. The Bertz CT molecular complexity index is 2120. The molecule has 2 N–H and O–H groups in total. The van der Waals surface area contributed by atoms with Crippen molar-refractivity contribution in [3.63, 3.8) is 0 Å². The molecule has 1 aliphatic heterocycles. The van der Waals surface area contributed by atoms with Crippen molar-refractivity contribution in [2.75, 3.05) is 14.1 Å². The zero-order valence-electron chi connectivity index (χ0n) is 27.0. The number of fused-ring (bicyclic) bond motifs is 2. The number of benzene rings is 2. The third-order valence-corrected chi connectivity index (χ3v) is 9.42. The van der Waals surface area contributed by atoms with Crippen LogP contribution in [-0.4, -0.2) is 59.7 Å². The molecule has 48 heavy (non-hydrogen) atoms. The van der Waals surface area contributed by atoms with Gasteiger partial charge in [0.1, 0.15) is 23.1 Å². The number of amides is 1. The van der Waals surface area contributed by atoms with Gasteiger partial charge >= 0.3 is 5.69 Å². The lowest BCUT2D eigenvalue weighted by molar-refractivity contribution is 0.0917. The van der Waals surface area contributed by atoms with E-state index < -0.39 is 23.1 Å². The van der Waals surface area contributed by atoms with Crippen LogP contribution in [0.1, 0.15) is 66.4 Å². The van der Waals surface area contributed by atoms with Crippen molar-refractivity contribution in [3.8, 4) is 22.6 Å². The molecule has 2 aromatic carbocycles. The molecule has 0 bridgehead atoms. The summed E-state index contributed by atoms with van der Waals surface area (Å²) in [5.41, 5.74) is 2.40. The molecular formula is C36H38FN7O4. The Morgan fingerprint density at radius 2 is 1.88 bits per heavy atom. The fraction of sp³-hybridized carbons (Fsp3) is 0.361. The van der Waals surface area contributed by atoms with E-state index in [4.69, 9.17) is 0 Å². The van der Waals surface area contributed by atoms with Crippen molar-refractivity contribution in [1.29, 1.82) is 0 Å². The normalized spacial score (nSPS) is 17.8. The maximum atomic E-state index is 14.5. The van der Waals surface area contributed by atoms with Crippen LogP contribution >= 0.6 is 0 Å². The highest BCUT2D eigenvalue weighted by molar-refractivity contribution is 5.92. The zero-order valence-corrected chi connectivity index (χ0v) is 27.0. The lowest BCUT2D eigenvalue weighted by Crippen LogP contribution is -2.45. The number of nitrogens with zero attached hydrogens (tertiary/aromatic N) is 6. The predicted molar refractivity (Wildman–Crippen MR) is 180 cm³/mol. The van der Waals surface area contributed by atoms with Gasteiger partial charge in [-0.05, 0) is 99.6 Å². The Hall–Kier alpha value is -5.10. The van der Waals surface area contributed by atoms with Gasteiger partial charge in [-0.25, -0.2) is 23.7 Å². The molecule has 3 aromatic heterocycles. The van der Waals surface area contributed by atoms with E-state index in [-0.39, 0.29) is 28.7 Å². The van der Waals surface area contributed by atoms with Crippen molar-refractivity contribution >= 4 is 16.9 Å². The Kier molecular flexibility index (Phi) is 8.42. The number of aromatic hydroxyl groups is 1. The third-order valence-electron chi connectivity index (χ3n) is 9.42. The highest BCUT2D eigenvalue weighted by Gasteiger charge is 2.29. The van der Waals surface area contributed by atoms with Gasteiger partial charge in [-0.15, -0.1) is 0 Å². The number of pyridine rings is 1. The number of aromatic nitrogens is 5. The number of hydrogen-bond donors (Lipinski definition) is 2. The van der Waals surface area contributed by atoms with Crippen LogP contribution in [0.4, 0.5) is 4.39 Å². The van der Waals surface area contributed by atoms with E-state index in [2.05, 4.69) is 15.3 Å². The standard InChI is InChI=1S/C36H38FN7O4/c1-41(2)20-23-17-28(45)13-14-29(23)22-6-5-7-27(16-22)43-33-30(18-24(37)19-38-33)35(47)44(36(43)48)26-11-9-25(10-12-26)39-34(46)31-21-42-15-4-3-8-32(42)40-31/h5-7,13-14,16-19,21,25-26,45H,3-4,8-12,15,20H2,1-2H3,(H,39,46). The van der Waals surface area contributed by atoms with Crippen molar-refractivity contribution in [2.45, 2.75) is 70.1 Å². The molecule has 12 heteroatoms. The largest absolute Gasteiger partial charge is 0.508 e. The lowest BCUT2D eigenvalue weighted by Gasteiger charge is -2.30. The molecule has 1 amide bonds. The van der Waals surface area contributed by atoms with Crippen LogP contribution in [0.3, 0.4) is 0 Å². The monoisotopic (exact) mass is 651 g/mol. The second-order valence-electron chi connectivity index (χ2n) is 13.1. The van der Waals surface area contributed by atoms with Gasteiger partial charge in [-0.1, -0.05) is 18.2 Å². The van der Waals surface area contributed by atoms with E-state index in [9.17, 15) is 23.9 Å². The lowest BCUT2D eigenvalue weighted by atomic mass is 9.90. The van der Waals surface area contributed by atoms with E-state index >= 15 is 0 Å². The number of phenolic OH excluding ortho intramolecular Hbond substituents is 1. The Morgan fingerprint density at radius 1 is 1.06 bits per heavy atom. The molecule has 11 nitrogen and oxygen atoms in total. The number of phenols is 1. The summed E-state index contributed by atoms with van der Waals surface area (Å²) in [5.74, 6) is 0.210. The number of nitrogens with one attached hydrogen (secondary N) is 1. The quantitative estimate of drug-likeness (QED) is 0.264. The fourth-order valence-corrected chi connectivity index (χ4v) is 7.14. The van der Waals surface area contributed by atoms with Crippen molar-refractivity contribution < 1.29 is 14.3 Å². The summed E-state index contributed by atoms with van der Waals surface area (Å²) in [7, 11) is 3.88. The Labute approximate surface area is 276 Å². The van der Waals surface area contributed by atoms with Crippen LogP contribution in [0, 0.1) is 5.82 Å². The molecule has 2 aliphatic rings. The van der Waals surface area contributed by atoms with E-state index in [1.807, 2.05) is 54.0 Å². The molecule has 0 saturated heterocycles. The van der Waals surface area contributed by atoms with Gasteiger partial charge in [-0.2, -0.15) is 0 Å². The van der Waals surface area contributed by atoms with Crippen LogP contribution in [-0.2, 0) is 19.5 Å². The van der Waals surface area contributed by atoms with Gasteiger partial charge in [0.2, 0.25) is 0 Å². The Morgan fingerprint density at radius 3 is 2.65 bits per heavy atom. The molecule has 4 heterocycles. The molecule has 5 aromatic rings. The van der Waals surface area contributed by atoms with Crippen LogP contribution in [0.5, 0.6) is 5.75 Å². The Balaban J connectivity index is 1.21. The van der Waals surface area contributed by atoms with E-state index in [0.717, 1.165) is 60.6 Å². The first-order chi connectivity index (χ1) is 23.2. The SMILES string of the molecule is CN(C)Cc1cc(O)ccc1-c1cccc(-n2c(=O)n(C3CCC(NC(=O)c4cn5c(n4)CCCC5)CC3)c(=O)c3cc(F)cnc32)c1. The molecule has 1 fully saturated rings. The summed E-state index contributed by atoms with van der Waals surface area (Å²) in [4.78, 5) is 51.9. The average molecular weight is 652 g/mol. The molecule has 248 valence electrons. The second-order valence-corrected chi connectivity index (χ2v) is 13.1. The summed E-state index contributed by atoms with van der Waals surface area (Å²) >= 11 is 0. The number of rotatable bonds is 7. The fourth-order valence-electron chi connectivity index (χ4n) is 7.14. The minimum atomic E-state index is -0.671. The molecule has 0 spiro atoms. The van der Waals surface area contributed by atoms with E-state index in [0.29, 0.717) is 43.6 Å². The van der Waals surface area contributed by atoms with Crippen LogP contribution in [0.2, 0.25) is 0 Å². The van der Waals surface area contributed by atoms with Crippen LogP contribution < -0.4 is 16.6 Å². The summed E-state index contributed by atoms with van der Waals surface area (Å²) in [6.45, 7) is 1.45. The summed E-state index contributed by atoms with van der Waals surface area (Å²) in [6, 6.07) is 13.1. The number of halogens is 1. The van der Waals surface area contributed by atoms with E-state index in [1.54, 1.807) is 18.2 Å². The maximum Gasteiger partial charge on any atom is 0.337 e. The van der Waals surface area contributed by atoms with E-state index in [1.165, 1.54) is 9.13 Å². The number of carbonyl (C=O) groups excluding carboxylic acids is 1. The number of imidazole rings is 1. The van der Waals surface area contributed by atoms with Gasteiger partial charge in [0, 0.05) is 37.8 Å². The highest BCUT2D eigenvalue weighted by Crippen LogP contribution is 2.31. The molecule has 7 rings (SSSR count). The molecule has 0 atom stereocenters.